The third kappa shape index (κ3) is 4.25. The average Bonchev–Trinajstić information content (AvgIpc) is 3.25. The minimum atomic E-state index is 0.557. The van der Waals surface area contributed by atoms with Crippen molar-refractivity contribution >= 4 is 93.4 Å². The van der Waals surface area contributed by atoms with Gasteiger partial charge in [-0.15, -0.1) is 0 Å². The van der Waals surface area contributed by atoms with Gasteiger partial charge in [0.05, 0.1) is 0 Å². The number of thioether (sulfide) groups is 2. The summed E-state index contributed by atoms with van der Waals surface area (Å²) in [6.07, 6.45) is 2.56. The van der Waals surface area contributed by atoms with Crippen molar-refractivity contribution in [3.05, 3.63) is 18.9 Å². The summed E-state index contributed by atoms with van der Waals surface area (Å²) in [4.78, 5) is 4.84. The third-order valence-electron chi connectivity index (χ3n) is 2.77. The molecule has 0 aromatic heterocycles. The molecule has 0 aromatic rings. The fourth-order valence-electron chi connectivity index (χ4n) is 1.65. The van der Waals surface area contributed by atoms with E-state index in [2.05, 4.69) is 64.6 Å². The Kier molecular flexibility index (Phi) is 5.67. The van der Waals surface area contributed by atoms with Crippen LogP contribution in [0.5, 0.6) is 0 Å². The molecule has 6 heteroatoms. The quantitative estimate of drug-likeness (QED) is 0.364. The number of allylic oxidation sites excluding steroid dienone is 2. The number of hydrogen-bond donors (Lipinski definition) is 0. The van der Waals surface area contributed by atoms with Crippen LogP contribution in [0.3, 0.4) is 0 Å². The molecule has 96 valence electrons. The average molecular weight is 536 g/mol. The molecular weight excluding hydrogens is 524 g/mol. The Morgan fingerprint density at radius 3 is 1.72 bits per heavy atom. The fourth-order valence-corrected chi connectivity index (χ4v) is 11.1. The zero-order valence-electron chi connectivity index (χ0n) is 9.59. The Morgan fingerprint density at radius 2 is 1.39 bits per heavy atom. The summed E-state index contributed by atoms with van der Waals surface area (Å²) in [6, 6.07) is 0. The fraction of sp³-hybridized carbons (Fsp3) is 0.500. The van der Waals surface area contributed by atoms with Gasteiger partial charge < -0.3 is 0 Å². The van der Waals surface area contributed by atoms with E-state index in [0.717, 1.165) is 10.5 Å². The summed E-state index contributed by atoms with van der Waals surface area (Å²) >= 11 is 12.1. The van der Waals surface area contributed by atoms with Gasteiger partial charge in [-0.3, -0.25) is 0 Å². The van der Waals surface area contributed by atoms with E-state index in [9.17, 15) is 0 Å². The third-order valence-corrected chi connectivity index (χ3v) is 13.1. The van der Waals surface area contributed by atoms with E-state index >= 15 is 0 Å². The molecule has 2 fully saturated rings. The second-order valence-electron chi connectivity index (χ2n) is 4.33. The van der Waals surface area contributed by atoms with E-state index in [0.29, 0.717) is 29.9 Å². The zero-order chi connectivity index (χ0) is 12.5. The van der Waals surface area contributed by atoms with Crippen LogP contribution < -0.4 is 0 Å². The van der Waals surface area contributed by atoms with Crippen molar-refractivity contribution in [2.75, 3.05) is 11.5 Å². The van der Waals surface area contributed by atoms with Crippen molar-refractivity contribution in [2.45, 2.75) is 23.3 Å². The molecule has 2 saturated heterocycles. The van der Waals surface area contributed by atoms with E-state index in [1.165, 1.54) is 24.3 Å². The van der Waals surface area contributed by atoms with Crippen LogP contribution in [0.15, 0.2) is 18.9 Å². The summed E-state index contributed by atoms with van der Waals surface area (Å²) < 4.78 is 6.47. The molecule has 0 saturated carbocycles. The maximum atomic E-state index is 3.38. The molecule has 0 nitrogen and oxygen atoms in total. The van der Waals surface area contributed by atoms with Crippen molar-refractivity contribution in [1.82, 2.24) is 0 Å². The first-order chi connectivity index (χ1) is 8.74. The molecule has 0 bridgehead atoms. The molecule has 2 atom stereocenters. The van der Waals surface area contributed by atoms with Crippen molar-refractivity contribution in [2.24, 2.45) is 0 Å². The summed E-state index contributed by atoms with van der Waals surface area (Å²) in [5.74, 6) is 2.74. The zero-order valence-corrected chi connectivity index (χ0v) is 18.1. The number of hydrogen-bond acceptors (Lipinski definition) is 2. The molecule has 0 amide bonds. The van der Waals surface area contributed by atoms with Crippen LogP contribution >= 0.6 is 23.5 Å². The Labute approximate surface area is 145 Å². The van der Waals surface area contributed by atoms with Gasteiger partial charge in [-0.1, -0.05) is 0 Å². The molecule has 0 N–H and O–H groups in total. The molecule has 0 aromatic carbocycles. The topological polar surface area (TPSA) is 0 Å². The summed E-state index contributed by atoms with van der Waals surface area (Å²) in [5, 5.41) is 1.82. The van der Waals surface area contributed by atoms with Gasteiger partial charge in [-0.25, -0.2) is 0 Å². The van der Waals surface area contributed by atoms with Crippen LogP contribution in [0, 0.1) is 0 Å². The Hall–Kier alpha value is 2.00. The van der Waals surface area contributed by atoms with E-state index in [1.54, 1.807) is 17.8 Å². The van der Waals surface area contributed by atoms with E-state index in [4.69, 9.17) is 0 Å². The van der Waals surface area contributed by atoms with E-state index < -0.39 is 0 Å². The van der Waals surface area contributed by atoms with Crippen LogP contribution in [0.4, 0.5) is 0 Å². The van der Waals surface area contributed by atoms with E-state index in [-0.39, 0.29) is 0 Å². The molecule has 3 aliphatic rings. The van der Waals surface area contributed by atoms with Crippen molar-refractivity contribution in [1.29, 1.82) is 0 Å². The maximum absolute atomic E-state index is 3.38. The van der Waals surface area contributed by atoms with Crippen molar-refractivity contribution in [3.8, 4) is 0 Å². The van der Waals surface area contributed by atoms with E-state index in [1.807, 2.05) is 0 Å². The Morgan fingerprint density at radius 1 is 1.00 bits per heavy atom. The molecule has 2 unspecified atom stereocenters. The van der Waals surface area contributed by atoms with Gasteiger partial charge in [-0.05, 0) is 0 Å². The van der Waals surface area contributed by atoms with Crippen LogP contribution in [0.25, 0.3) is 0 Å². The monoisotopic (exact) mass is 540 g/mol. The van der Waals surface area contributed by atoms with Crippen molar-refractivity contribution in [3.63, 3.8) is 0 Å². The van der Waals surface area contributed by atoms with Crippen LogP contribution in [0.2, 0.25) is 0 Å². The predicted molar refractivity (Wildman–Crippen MR) is 90.9 cm³/mol. The molecule has 3 aliphatic heterocycles. The normalized spacial score (nSPS) is 29.3. The molecule has 0 aliphatic carbocycles. The first kappa shape index (κ1) is 14.9. The van der Waals surface area contributed by atoms with Crippen LogP contribution in [-0.4, -0.2) is 91.9 Å². The number of rotatable bonds is 6. The van der Waals surface area contributed by atoms with Crippen LogP contribution in [-0.2, 0) is 0 Å². The second-order valence-corrected chi connectivity index (χ2v) is 12.9. The van der Waals surface area contributed by atoms with Gasteiger partial charge in [0.1, 0.15) is 0 Å². The first-order valence-electron chi connectivity index (χ1n) is 5.76. The molecule has 3 rings (SSSR count). The first-order valence-corrected chi connectivity index (χ1v) is 13.3. The molecule has 0 spiro atoms. The van der Waals surface area contributed by atoms with Gasteiger partial charge >= 0.3 is 147 Å². The Bertz CT molecular complexity index is 407. The molecule has 0 radical (unpaired) electrons. The molecular formula is C12H12S2Se4. The summed E-state index contributed by atoms with van der Waals surface area (Å²) in [7, 11) is 0. The van der Waals surface area contributed by atoms with Gasteiger partial charge in [0.2, 0.25) is 0 Å². The molecule has 3 heterocycles. The van der Waals surface area contributed by atoms with Crippen molar-refractivity contribution < 1.29 is 0 Å². The SMILES string of the molecule is [Se]=C(CC1CS1)C1=C(C(=[Se])CC2CS2)[Se]C=C[Se]1. The summed E-state index contributed by atoms with van der Waals surface area (Å²) in [5.41, 5.74) is 0. The Balaban J connectivity index is 1.73. The van der Waals surface area contributed by atoms with Gasteiger partial charge in [0, 0.05) is 0 Å². The van der Waals surface area contributed by atoms with Gasteiger partial charge in [0.15, 0.2) is 0 Å². The standard InChI is InChI=1S/C12H12S2Se4/c15-9(3-7-5-13-7)11-12(18-2-1-17-11)10(16)4-8-6-14-8/h1-2,7-8H,3-6H2. The summed E-state index contributed by atoms with van der Waals surface area (Å²) in [6.45, 7) is 0. The molecule has 18 heavy (non-hydrogen) atoms. The second kappa shape index (κ2) is 6.84. The van der Waals surface area contributed by atoms with Gasteiger partial charge in [-0.2, -0.15) is 0 Å². The van der Waals surface area contributed by atoms with Crippen LogP contribution in [0.1, 0.15) is 12.8 Å². The van der Waals surface area contributed by atoms with Gasteiger partial charge in [0.25, 0.3) is 0 Å². The minimum absolute atomic E-state index is 0.557. The predicted octanol–water partition coefficient (Wildman–Crippen LogP) is 0.784.